The van der Waals surface area contributed by atoms with Gasteiger partial charge in [0.1, 0.15) is 32.2 Å². The van der Waals surface area contributed by atoms with E-state index in [9.17, 15) is 14.0 Å². The molecule has 0 spiro atoms. The number of pyridine rings is 6. The highest BCUT2D eigenvalue weighted by atomic mass is 19.1. The second kappa shape index (κ2) is 20.2. The molecular formula is C47H55FN10O6. The Labute approximate surface area is 370 Å². The second-order valence-electron chi connectivity index (χ2n) is 16.8. The summed E-state index contributed by atoms with van der Waals surface area (Å²) in [4.78, 5) is 47.1. The highest BCUT2D eigenvalue weighted by molar-refractivity contribution is 5.75. The maximum atomic E-state index is 13.7. The third-order valence-corrected chi connectivity index (χ3v) is 12.4. The molecule has 0 radical (unpaired) electrons. The van der Waals surface area contributed by atoms with E-state index in [1.807, 2.05) is 35.9 Å². The molecule has 6 aromatic heterocycles. The van der Waals surface area contributed by atoms with Gasteiger partial charge in [0, 0.05) is 87.9 Å². The van der Waals surface area contributed by atoms with Crippen molar-refractivity contribution in [2.45, 2.75) is 70.9 Å². The number of aromatic nitrogens is 6. The summed E-state index contributed by atoms with van der Waals surface area (Å²) in [6, 6.07) is 14.8. The number of ether oxygens (including phenoxy) is 4. The summed E-state index contributed by atoms with van der Waals surface area (Å²) >= 11 is 0. The average molecular weight is 875 g/mol. The summed E-state index contributed by atoms with van der Waals surface area (Å²) in [5, 5.41) is 7.22. The molecule has 0 unspecified atom stereocenters. The number of likely N-dealkylation sites (tertiary alicyclic amines) is 2. The van der Waals surface area contributed by atoms with Gasteiger partial charge in [0.15, 0.2) is 23.0 Å². The van der Waals surface area contributed by atoms with Crippen LogP contribution in [0.3, 0.4) is 0 Å². The molecule has 2 N–H and O–H groups in total. The van der Waals surface area contributed by atoms with Crippen molar-refractivity contribution in [2.24, 2.45) is 0 Å². The van der Waals surface area contributed by atoms with Crippen LogP contribution in [0.25, 0.3) is 22.1 Å². The Kier molecular flexibility index (Phi) is 13.7. The summed E-state index contributed by atoms with van der Waals surface area (Å²) in [5.41, 5.74) is 5.83. The zero-order valence-corrected chi connectivity index (χ0v) is 36.2. The minimum Gasteiger partial charge on any atom is -0.486 e. The maximum absolute atomic E-state index is 13.7. The predicted molar refractivity (Wildman–Crippen MR) is 240 cm³/mol. The highest BCUT2D eigenvalue weighted by Crippen LogP contribution is 2.30. The van der Waals surface area contributed by atoms with Crippen LogP contribution >= 0.6 is 0 Å². The van der Waals surface area contributed by atoms with Gasteiger partial charge < -0.3 is 48.5 Å². The van der Waals surface area contributed by atoms with E-state index in [1.54, 1.807) is 35.2 Å². The molecule has 17 heteroatoms. The van der Waals surface area contributed by atoms with Gasteiger partial charge in [-0.15, -0.1) is 0 Å². The Morgan fingerprint density at radius 3 is 1.52 bits per heavy atom. The van der Waals surface area contributed by atoms with Gasteiger partial charge in [0.25, 0.3) is 11.1 Å². The lowest BCUT2D eigenvalue weighted by Gasteiger charge is -2.32. The lowest BCUT2D eigenvalue weighted by Crippen LogP contribution is -2.43. The van der Waals surface area contributed by atoms with Gasteiger partial charge in [-0.25, -0.2) is 4.39 Å². The predicted octanol–water partition coefficient (Wildman–Crippen LogP) is 4.08. The molecule has 10 rings (SSSR count). The Morgan fingerprint density at radius 1 is 0.562 bits per heavy atom. The van der Waals surface area contributed by atoms with Gasteiger partial charge in [-0.1, -0.05) is 0 Å². The quantitative estimate of drug-likeness (QED) is 0.181. The number of halogens is 1. The molecular weight excluding hydrogens is 820 g/mol. The van der Waals surface area contributed by atoms with Gasteiger partial charge in [0.05, 0.1) is 52.0 Å². The van der Waals surface area contributed by atoms with Crippen LogP contribution in [0.4, 0.5) is 4.39 Å². The first-order chi connectivity index (χ1) is 31.3. The van der Waals surface area contributed by atoms with E-state index in [0.717, 1.165) is 117 Å². The SMILES string of the molecule is Cc1cnc2ccc(=O)n(CCN3CCC(NCc4cc5c(cn4)OCCO5)CC3)c2c1.O=c1ccc2ncc(F)cc2n1CCN1CCC(NCc2cc3c(cn2)OCCO3)CC1. The average Bonchev–Trinajstić information content (AvgIpc) is 3.33. The topological polar surface area (TPSA) is 163 Å². The van der Waals surface area contributed by atoms with Crippen LogP contribution in [0.2, 0.25) is 0 Å². The molecule has 4 aliphatic heterocycles. The first-order valence-corrected chi connectivity index (χ1v) is 22.3. The van der Waals surface area contributed by atoms with Crippen LogP contribution in [0, 0.1) is 12.7 Å². The third-order valence-electron chi connectivity index (χ3n) is 12.4. The van der Waals surface area contributed by atoms with Crippen LogP contribution in [-0.2, 0) is 26.2 Å². The molecule has 0 aromatic carbocycles. The summed E-state index contributed by atoms with van der Waals surface area (Å²) in [5.74, 6) is 2.54. The van der Waals surface area contributed by atoms with Crippen molar-refractivity contribution in [1.29, 1.82) is 0 Å². The molecule has 0 amide bonds. The number of piperidine rings is 2. The van der Waals surface area contributed by atoms with E-state index in [-0.39, 0.29) is 11.1 Å². The number of nitrogens with zero attached hydrogens (tertiary/aromatic N) is 8. The minimum absolute atomic E-state index is 0.0355. The van der Waals surface area contributed by atoms with Gasteiger partial charge >= 0.3 is 0 Å². The number of hydrogen-bond donors (Lipinski definition) is 2. The lowest BCUT2D eigenvalue weighted by molar-refractivity contribution is 0.170. The fourth-order valence-electron chi connectivity index (χ4n) is 8.75. The first-order valence-electron chi connectivity index (χ1n) is 22.3. The fourth-order valence-corrected chi connectivity index (χ4v) is 8.75. The van der Waals surface area contributed by atoms with Crippen molar-refractivity contribution in [3.05, 3.63) is 117 Å². The maximum Gasteiger partial charge on any atom is 0.251 e. The highest BCUT2D eigenvalue weighted by Gasteiger charge is 2.22. The van der Waals surface area contributed by atoms with Crippen LogP contribution < -0.4 is 40.7 Å². The van der Waals surface area contributed by atoms with Crippen LogP contribution in [-0.4, -0.2) is 117 Å². The second-order valence-corrected chi connectivity index (χ2v) is 16.8. The Hall–Kier alpha value is -6.01. The number of hydrogen-bond acceptors (Lipinski definition) is 14. The largest absolute Gasteiger partial charge is 0.486 e. The van der Waals surface area contributed by atoms with E-state index in [2.05, 4.69) is 40.4 Å². The smallest absolute Gasteiger partial charge is 0.251 e. The van der Waals surface area contributed by atoms with Crippen molar-refractivity contribution in [3.63, 3.8) is 0 Å². The van der Waals surface area contributed by atoms with Crippen LogP contribution in [0.5, 0.6) is 23.0 Å². The Bertz CT molecular complexity index is 2500. The van der Waals surface area contributed by atoms with Crippen molar-refractivity contribution in [1.82, 2.24) is 49.5 Å². The summed E-state index contributed by atoms with van der Waals surface area (Å²) in [7, 11) is 0. The zero-order chi connectivity index (χ0) is 43.8. The molecule has 0 aliphatic carbocycles. The summed E-state index contributed by atoms with van der Waals surface area (Å²) in [6.07, 6.45) is 10.7. The van der Waals surface area contributed by atoms with E-state index < -0.39 is 5.82 Å². The molecule has 0 atom stereocenters. The first kappa shape index (κ1) is 43.3. The number of rotatable bonds is 12. The number of fused-ring (bicyclic) bond motifs is 4. The van der Waals surface area contributed by atoms with E-state index in [4.69, 9.17) is 18.9 Å². The molecule has 0 saturated carbocycles. The fraction of sp³-hybridized carbons (Fsp3) is 0.447. The zero-order valence-electron chi connectivity index (χ0n) is 36.2. The van der Waals surface area contributed by atoms with Crippen LogP contribution in [0.1, 0.15) is 42.6 Å². The van der Waals surface area contributed by atoms with E-state index in [1.165, 1.54) is 18.3 Å². The van der Waals surface area contributed by atoms with Crippen molar-refractivity contribution < 1.29 is 23.3 Å². The Balaban J connectivity index is 0.000000162. The summed E-state index contributed by atoms with van der Waals surface area (Å²) < 4.78 is 39.5. The van der Waals surface area contributed by atoms with E-state index in [0.29, 0.717) is 74.9 Å². The standard InChI is InChI=1S/C24H29N5O3.C23H26FN5O3/c1-17-12-21-20(27-14-17)2-3-24(30)29(21)9-8-28-6-4-18(5-7-28)25-15-19-13-22-23(16-26-19)32-11-10-31-22;24-16-11-20-19(27-13-16)1-2-23(30)29(20)8-7-28-5-3-17(4-6-28)25-14-18-12-21-22(15-26-18)32-10-9-31-21/h2-3,12-14,16,18,25H,4-11,15H2,1H3;1-2,11-13,15,17,25H,3-10,14H2. The number of nitrogens with one attached hydrogen (secondary N) is 2. The molecule has 2 saturated heterocycles. The van der Waals surface area contributed by atoms with Crippen LogP contribution in [0.15, 0.2) is 82.9 Å². The molecule has 64 heavy (non-hydrogen) atoms. The van der Waals surface area contributed by atoms with E-state index >= 15 is 0 Å². The third kappa shape index (κ3) is 10.7. The van der Waals surface area contributed by atoms with Gasteiger partial charge in [-0.05, 0) is 82.5 Å². The molecule has 336 valence electrons. The monoisotopic (exact) mass is 874 g/mol. The molecule has 10 heterocycles. The van der Waals surface area contributed by atoms with Gasteiger partial charge in [0.2, 0.25) is 0 Å². The van der Waals surface area contributed by atoms with Crippen molar-refractivity contribution >= 4 is 22.1 Å². The lowest BCUT2D eigenvalue weighted by atomic mass is 10.0. The Morgan fingerprint density at radius 2 is 1.02 bits per heavy atom. The minimum atomic E-state index is -0.434. The van der Waals surface area contributed by atoms with Gasteiger partial charge in [-0.3, -0.25) is 29.5 Å². The number of aryl methyl sites for hydroxylation is 1. The summed E-state index contributed by atoms with van der Waals surface area (Å²) in [6.45, 7) is 12.4. The molecule has 16 nitrogen and oxygen atoms in total. The molecule has 0 bridgehead atoms. The molecule has 4 aliphatic rings. The van der Waals surface area contributed by atoms with Crippen molar-refractivity contribution in [3.8, 4) is 23.0 Å². The molecule has 2 fully saturated rings. The molecule has 6 aromatic rings. The normalized spacial score (nSPS) is 17.0. The van der Waals surface area contributed by atoms with Crippen molar-refractivity contribution in [2.75, 3.05) is 65.7 Å². The van der Waals surface area contributed by atoms with Gasteiger partial charge in [-0.2, -0.15) is 0 Å².